The maximum Gasteiger partial charge on any atom is 0.225 e. The van der Waals surface area contributed by atoms with Crippen LogP contribution >= 0.6 is 0 Å². The van der Waals surface area contributed by atoms with E-state index in [0.29, 0.717) is 25.7 Å². The number of hydrogen-bond donors (Lipinski definition) is 2. The van der Waals surface area contributed by atoms with Crippen LogP contribution in [0.25, 0.3) is 0 Å². The van der Waals surface area contributed by atoms with Gasteiger partial charge in [0.15, 0.2) is 22.9 Å². The minimum absolute atomic E-state index is 0.0757. The Labute approximate surface area is 264 Å². The third-order valence-corrected chi connectivity index (χ3v) is 9.29. The number of carbonyl (C=O) groups is 4. The van der Waals surface area contributed by atoms with Crippen LogP contribution in [0.3, 0.4) is 0 Å². The molecule has 2 aliphatic heterocycles. The van der Waals surface area contributed by atoms with Crippen molar-refractivity contribution in [1.29, 1.82) is 0 Å². The maximum atomic E-state index is 12.0. The summed E-state index contributed by atoms with van der Waals surface area (Å²) >= 11 is 0. The summed E-state index contributed by atoms with van der Waals surface area (Å²) in [7, 11) is 0. The normalized spacial score (nSPS) is 22.0. The zero-order valence-electron chi connectivity index (χ0n) is 27.5. The number of ketones is 2. The predicted octanol–water partition coefficient (Wildman–Crippen LogP) is 7.83. The summed E-state index contributed by atoms with van der Waals surface area (Å²) in [5.74, 6) is 0.180. The van der Waals surface area contributed by atoms with E-state index in [4.69, 9.17) is 0 Å². The first kappa shape index (κ1) is 36.0. The van der Waals surface area contributed by atoms with E-state index < -0.39 is 11.3 Å². The van der Waals surface area contributed by atoms with Crippen LogP contribution < -0.4 is 10.6 Å². The number of hydrogen-bond acceptors (Lipinski definition) is 8. The minimum atomic E-state index is -0.463. The lowest BCUT2D eigenvalue weighted by molar-refractivity contribution is -0.127. The smallest absolute Gasteiger partial charge is 0.225 e. The second-order valence-electron chi connectivity index (χ2n) is 13.4. The summed E-state index contributed by atoms with van der Waals surface area (Å²) in [4.78, 5) is 47.1. The third kappa shape index (κ3) is 13.6. The molecule has 44 heavy (non-hydrogen) atoms. The Morgan fingerprint density at radius 1 is 0.591 bits per heavy atom. The van der Waals surface area contributed by atoms with Crippen LogP contribution in [0.2, 0.25) is 0 Å². The molecule has 2 N–H and O–H groups in total. The van der Waals surface area contributed by atoms with Crippen LogP contribution in [-0.2, 0) is 19.2 Å². The fourth-order valence-corrected chi connectivity index (χ4v) is 6.33. The summed E-state index contributed by atoms with van der Waals surface area (Å²) in [5, 5.41) is 22.1. The number of nitrogens with zero attached hydrogens (tertiary/aromatic N) is 4. The highest BCUT2D eigenvalue weighted by Crippen LogP contribution is 2.38. The van der Waals surface area contributed by atoms with Gasteiger partial charge in [-0.2, -0.15) is 20.5 Å². The molecule has 248 valence electrons. The zero-order chi connectivity index (χ0) is 31.7. The largest absolute Gasteiger partial charge is 0.346 e. The van der Waals surface area contributed by atoms with Crippen molar-refractivity contribution in [3.05, 3.63) is 0 Å². The molecule has 0 bridgehead atoms. The molecule has 0 unspecified atom stereocenters. The van der Waals surface area contributed by atoms with E-state index in [0.717, 1.165) is 51.4 Å². The summed E-state index contributed by atoms with van der Waals surface area (Å²) in [5.41, 5.74) is -0.926. The van der Waals surface area contributed by atoms with Crippen LogP contribution in [0, 0.1) is 0 Å². The van der Waals surface area contributed by atoms with E-state index in [9.17, 15) is 19.2 Å². The van der Waals surface area contributed by atoms with Crippen LogP contribution in [0.1, 0.15) is 168 Å². The summed E-state index contributed by atoms with van der Waals surface area (Å²) in [6.45, 7) is 4.45. The lowest BCUT2D eigenvalue weighted by Crippen LogP contribution is -2.39. The van der Waals surface area contributed by atoms with E-state index in [1.807, 2.05) is 0 Å². The number of rotatable bonds is 22. The van der Waals surface area contributed by atoms with E-state index in [-0.39, 0.29) is 35.5 Å². The number of Topliss-reactive ketones (excluding diaryl/α,β-unsaturated/α-hetero) is 2. The first-order valence-corrected chi connectivity index (χ1v) is 17.8. The van der Waals surface area contributed by atoms with Gasteiger partial charge in [-0.1, -0.05) is 90.9 Å². The Balaban J connectivity index is 0.000000240. The Kier molecular flexibility index (Phi) is 15.6. The highest BCUT2D eigenvalue weighted by Gasteiger charge is 2.43. The zero-order valence-corrected chi connectivity index (χ0v) is 27.5. The molecule has 4 rings (SSSR count). The lowest BCUT2D eigenvalue weighted by Gasteiger charge is -2.14. The van der Waals surface area contributed by atoms with Crippen molar-refractivity contribution < 1.29 is 19.2 Å². The fraction of sp³-hybridized carbons (Fsp3) is 0.882. The van der Waals surface area contributed by atoms with Gasteiger partial charge in [0, 0.05) is 12.8 Å². The molecule has 0 saturated heterocycles. The molecule has 0 radical (unpaired) electrons. The van der Waals surface area contributed by atoms with Gasteiger partial charge in [0.25, 0.3) is 0 Å². The van der Waals surface area contributed by atoms with E-state index in [2.05, 4.69) is 44.9 Å². The van der Waals surface area contributed by atoms with Crippen molar-refractivity contribution >= 4 is 23.4 Å². The molecule has 2 saturated carbocycles. The second-order valence-corrected chi connectivity index (χ2v) is 13.4. The first-order valence-electron chi connectivity index (χ1n) is 17.8. The van der Waals surface area contributed by atoms with Crippen molar-refractivity contribution in [3.8, 4) is 0 Å². The lowest BCUT2D eigenvalue weighted by atomic mass is 10.00. The molecule has 2 aliphatic carbocycles. The van der Waals surface area contributed by atoms with Crippen molar-refractivity contribution in [3.63, 3.8) is 0 Å². The molecule has 0 aromatic carbocycles. The topological polar surface area (TPSA) is 142 Å². The molecule has 2 fully saturated rings. The summed E-state index contributed by atoms with van der Waals surface area (Å²) in [6, 6.07) is -0.524. The minimum Gasteiger partial charge on any atom is -0.346 e. The molecular weight excluding hydrogens is 556 g/mol. The SMILES string of the molecule is CCCCCCCCCC1(CC(=O)N[C@H]2CCCC2=O)N=N1.CCCCCCCCCC1(CC(=O)N[C@H]2CCCC2=O)N=N1. The average Bonchev–Trinajstić information content (AvgIpc) is 3.86. The molecule has 10 heteroatoms. The predicted molar refractivity (Wildman–Crippen MR) is 171 cm³/mol. The highest BCUT2D eigenvalue weighted by molar-refractivity contribution is 5.91. The molecule has 4 aliphatic rings. The monoisotopic (exact) mass is 614 g/mol. The fourth-order valence-electron chi connectivity index (χ4n) is 6.33. The summed E-state index contributed by atoms with van der Waals surface area (Å²) < 4.78 is 0. The molecule has 0 aromatic rings. The van der Waals surface area contributed by atoms with Crippen LogP contribution in [0.5, 0.6) is 0 Å². The molecule has 2 heterocycles. The van der Waals surface area contributed by atoms with Crippen molar-refractivity contribution in [2.24, 2.45) is 20.5 Å². The van der Waals surface area contributed by atoms with Crippen molar-refractivity contribution in [2.45, 2.75) is 191 Å². The number of amides is 2. The average molecular weight is 615 g/mol. The molecule has 0 aromatic heterocycles. The van der Waals surface area contributed by atoms with Crippen molar-refractivity contribution in [1.82, 2.24) is 10.6 Å². The first-order chi connectivity index (χ1) is 21.3. The molecule has 2 atom stereocenters. The third-order valence-electron chi connectivity index (χ3n) is 9.29. The molecular formula is C34H58N6O4. The molecule has 0 spiro atoms. The van der Waals surface area contributed by atoms with E-state index >= 15 is 0 Å². The quantitative estimate of drug-likeness (QED) is 0.120. The van der Waals surface area contributed by atoms with Gasteiger partial charge in [0.05, 0.1) is 24.9 Å². The van der Waals surface area contributed by atoms with Gasteiger partial charge >= 0.3 is 0 Å². The Bertz CT molecular complexity index is 906. The molecule has 10 nitrogen and oxygen atoms in total. The number of nitrogens with one attached hydrogen (secondary N) is 2. The summed E-state index contributed by atoms with van der Waals surface area (Å²) in [6.07, 6.45) is 24.4. The maximum absolute atomic E-state index is 12.0. The van der Waals surface area contributed by atoms with Crippen molar-refractivity contribution in [2.75, 3.05) is 0 Å². The van der Waals surface area contributed by atoms with Gasteiger partial charge in [-0.15, -0.1) is 0 Å². The van der Waals surface area contributed by atoms with Crippen LogP contribution in [0.4, 0.5) is 0 Å². The van der Waals surface area contributed by atoms with Gasteiger partial charge < -0.3 is 10.6 Å². The second kappa shape index (κ2) is 19.1. The standard InChI is InChI=1S/2C17H29N3O2/c2*1-2-3-4-5-6-7-8-12-17(19-20-17)13-16(22)18-14-10-9-11-15(14)21/h2*14H,2-13H2,1H3,(H,18,22)/t2*14-/m00/s1. The van der Waals surface area contributed by atoms with Gasteiger partial charge in [-0.3, -0.25) is 19.2 Å². The Morgan fingerprint density at radius 2 is 0.932 bits per heavy atom. The van der Waals surface area contributed by atoms with Gasteiger partial charge in [-0.05, 0) is 51.4 Å². The molecule has 2 amide bonds. The number of unbranched alkanes of at least 4 members (excludes halogenated alkanes) is 12. The van der Waals surface area contributed by atoms with E-state index in [1.54, 1.807) is 0 Å². The van der Waals surface area contributed by atoms with E-state index in [1.165, 1.54) is 77.0 Å². The number of carbonyl (C=O) groups excluding carboxylic acids is 4. The van der Waals surface area contributed by atoms with Gasteiger partial charge in [0.1, 0.15) is 0 Å². The van der Waals surface area contributed by atoms with Crippen LogP contribution in [0.15, 0.2) is 20.5 Å². The van der Waals surface area contributed by atoms with Gasteiger partial charge in [-0.25, -0.2) is 0 Å². The van der Waals surface area contributed by atoms with Crippen LogP contribution in [-0.4, -0.2) is 46.8 Å². The Hall–Kier alpha value is -2.52. The van der Waals surface area contributed by atoms with Gasteiger partial charge in [0.2, 0.25) is 11.8 Å². The highest BCUT2D eigenvalue weighted by atomic mass is 16.2. The Morgan fingerprint density at radius 3 is 1.23 bits per heavy atom.